The van der Waals surface area contributed by atoms with Gasteiger partial charge in [-0.2, -0.15) is 4.31 Å². The molecule has 4 rings (SSSR count). The summed E-state index contributed by atoms with van der Waals surface area (Å²) in [5.74, 6) is -0.312. The number of piperidine rings is 1. The van der Waals surface area contributed by atoms with Crippen molar-refractivity contribution in [2.24, 2.45) is 0 Å². The van der Waals surface area contributed by atoms with Crippen LogP contribution in [0.3, 0.4) is 0 Å². The lowest BCUT2D eigenvalue weighted by molar-refractivity contribution is -0.0329. The number of rotatable bonds is 4. The third kappa shape index (κ3) is 3.07. The molecule has 5 nitrogen and oxygen atoms in total. The standard InChI is InChI=1S/C21H23NO4S/c1-2-5-16-8-10-17(11-9-16)27(24,25)22-14-12-21(13-15-22)19-7-4-3-6-18(19)20(23)26-21/h3-4,6-11H,2,5,12-15H2,1H3. The number of benzene rings is 2. The number of sulfonamides is 1. The van der Waals surface area contributed by atoms with Gasteiger partial charge in [0.25, 0.3) is 0 Å². The van der Waals surface area contributed by atoms with Crippen LogP contribution >= 0.6 is 0 Å². The number of hydrogen-bond donors (Lipinski definition) is 0. The maximum absolute atomic E-state index is 13.0. The average Bonchev–Trinajstić information content (AvgIpc) is 2.95. The number of esters is 1. The predicted octanol–water partition coefficient (Wildman–Crippen LogP) is 3.49. The minimum absolute atomic E-state index is 0.312. The highest BCUT2D eigenvalue weighted by Crippen LogP contribution is 2.44. The van der Waals surface area contributed by atoms with Crippen molar-refractivity contribution in [3.8, 4) is 0 Å². The molecule has 2 aromatic rings. The molecule has 2 aliphatic rings. The third-order valence-corrected chi connectivity index (χ3v) is 7.47. The van der Waals surface area contributed by atoms with E-state index in [1.165, 1.54) is 4.31 Å². The Balaban J connectivity index is 1.53. The molecular formula is C21H23NO4S. The first-order chi connectivity index (χ1) is 13.0. The molecule has 2 aliphatic heterocycles. The van der Waals surface area contributed by atoms with Crippen molar-refractivity contribution < 1.29 is 17.9 Å². The largest absolute Gasteiger partial charge is 0.450 e. The zero-order valence-electron chi connectivity index (χ0n) is 15.3. The van der Waals surface area contributed by atoms with E-state index >= 15 is 0 Å². The summed E-state index contributed by atoms with van der Waals surface area (Å²) in [5.41, 5.74) is 1.94. The van der Waals surface area contributed by atoms with E-state index in [0.717, 1.165) is 24.0 Å². The quantitative estimate of drug-likeness (QED) is 0.756. The fraction of sp³-hybridized carbons (Fsp3) is 0.381. The van der Waals surface area contributed by atoms with Crippen LogP contribution in [0.5, 0.6) is 0 Å². The number of nitrogens with zero attached hydrogens (tertiary/aromatic N) is 1. The number of carbonyl (C=O) groups is 1. The molecule has 0 radical (unpaired) electrons. The molecule has 0 amide bonds. The molecule has 1 spiro atoms. The van der Waals surface area contributed by atoms with Crippen molar-refractivity contribution in [2.75, 3.05) is 13.1 Å². The van der Waals surface area contributed by atoms with Gasteiger partial charge in [0.1, 0.15) is 5.60 Å². The molecular weight excluding hydrogens is 362 g/mol. The van der Waals surface area contributed by atoms with Crippen molar-refractivity contribution in [1.82, 2.24) is 4.31 Å². The van der Waals surface area contributed by atoms with Crippen LogP contribution in [0.1, 0.15) is 47.7 Å². The predicted molar refractivity (Wildman–Crippen MR) is 102 cm³/mol. The Morgan fingerprint density at radius 2 is 1.70 bits per heavy atom. The van der Waals surface area contributed by atoms with Crippen molar-refractivity contribution >= 4 is 16.0 Å². The highest BCUT2D eigenvalue weighted by molar-refractivity contribution is 7.89. The third-order valence-electron chi connectivity index (χ3n) is 5.56. The number of carbonyl (C=O) groups excluding carboxylic acids is 1. The minimum Gasteiger partial charge on any atom is -0.450 e. The summed E-state index contributed by atoms with van der Waals surface area (Å²) in [5, 5.41) is 0. The first-order valence-electron chi connectivity index (χ1n) is 9.38. The van der Waals surface area contributed by atoms with Crippen LogP contribution in [0.25, 0.3) is 0 Å². The lowest BCUT2D eigenvalue weighted by Crippen LogP contribution is -2.45. The van der Waals surface area contributed by atoms with Gasteiger partial charge >= 0.3 is 5.97 Å². The number of fused-ring (bicyclic) bond motifs is 2. The van der Waals surface area contributed by atoms with E-state index in [2.05, 4.69) is 6.92 Å². The smallest absolute Gasteiger partial charge is 0.339 e. The average molecular weight is 385 g/mol. The molecule has 0 N–H and O–H groups in total. The summed E-state index contributed by atoms with van der Waals surface area (Å²) < 4.78 is 33.2. The van der Waals surface area contributed by atoms with Crippen molar-refractivity contribution in [1.29, 1.82) is 0 Å². The Morgan fingerprint density at radius 3 is 2.37 bits per heavy atom. The molecule has 0 bridgehead atoms. The van der Waals surface area contributed by atoms with Crippen LogP contribution in [0.4, 0.5) is 0 Å². The summed E-state index contributed by atoms with van der Waals surface area (Å²) in [6.45, 7) is 2.77. The fourth-order valence-electron chi connectivity index (χ4n) is 4.07. The normalized spacial score (nSPS) is 19.1. The second-order valence-corrected chi connectivity index (χ2v) is 9.17. The molecule has 2 heterocycles. The van der Waals surface area contributed by atoms with Gasteiger partial charge in [0.05, 0.1) is 10.5 Å². The first-order valence-corrected chi connectivity index (χ1v) is 10.8. The van der Waals surface area contributed by atoms with Gasteiger partial charge in [-0.05, 0) is 30.2 Å². The minimum atomic E-state index is -3.54. The Morgan fingerprint density at radius 1 is 1.04 bits per heavy atom. The summed E-state index contributed by atoms with van der Waals surface area (Å²) in [6.07, 6.45) is 2.92. The molecule has 0 saturated carbocycles. The lowest BCUT2D eigenvalue weighted by Gasteiger charge is -2.37. The Hall–Kier alpha value is -2.18. The van der Waals surface area contributed by atoms with Gasteiger partial charge in [-0.1, -0.05) is 43.7 Å². The summed E-state index contributed by atoms with van der Waals surface area (Å²) in [7, 11) is -3.54. The Bertz CT molecular complexity index is 958. The van der Waals surface area contributed by atoms with E-state index in [-0.39, 0.29) is 5.97 Å². The van der Waals surface area contributed by atoms with E-state index in [1.54, 1.807) is 18.2 Å². The number of ether oxygens (including phenoxy) is 1. The topological polar surface area (TPSA) is 63.7 Å². The maximum atomic E-state index is 13.0. The van der Waals surface area contributed by atoms with Crippen molar-refractivity contribution in [3.05, 3.63) is 65.2 Å². The monoisotopic (exact) mass is 385 g/mol. The van der Waals surface area contributed by atoms with Crippen LogP contribution < -0.4 is 0 Å². The summed E-state index contributed by atoms with van der Waals surface area (Å²) >= 11 is 0. The molecule has 1 fully saturated rings. The van der Waals surface area contributed by atoms with Crippen LogP contribution in [0.2, 0.25) is 0 Å². The van der Waals surface area contributed by atoms with Gasteiger partial charge < -0.3 is 4.74 Å². The Labute approximate surface area is 160 Å². The second kappa shape index (κ2) is 6.77. The van der Waals surface area contributed by atoms with E-state index in [1.807, 2.05) is 30.3 Å². The van der Waals surface area contributed by atoms with Crippen molar-refractivity contribution in [2.45, 2.75) is 43.1 Å². The van der Waals surface area contributed by atoms with E-state index in [9.17, 15) is 13.2 Å². The van der Waals surface area contributed by atoms with Crippen LogP contribution in [0, 0.1) is 0 Å². The number of hydrogen-bond acceptors (Lipinski definition) is 4. The summed E-state index contributed by atoms with van der Waals surface area (Å²) in [4.78, 5) is 12.5. The molecule has 6 heteroatoms. The molecule has 142 valence electrons. The zero-order chi connectivity index (χ0) is 19.1. The lowest BCUT2D eigenvalue weighted by atomic mass is 9.84. The molecule has 0 atom stereocenters. The van der Waals surface area contributed by atoms with Gasteiger partial charge in [0.15, 0.2) is 0 Å². The summed E-state index contributed by atoms with van der Waals surface area (Å²) in [6, 6.07) is 14.5. The Kier molecular flexibility index (Phi) is 4.56. The SMILES string of the molecule is CCCc1ccc(S(=O)(=O)N2CCC3(CC2)OC(=O)c2ccccc23)cc1. The van der Waals surface area contributed by atoms with Crippen LogP contribution in [0.15, 0.2) is 53.4 Å². The fourth-order valence-corrected chi connectivity index (χ4v) is 5.51. The first kappa shape index (κ1) is 18.2. The van der Waals surface area contributed by atoms with E-state index < -0.39 is 15.6 Å². The molecule has 0 aromatic heterocycles. The zero-order valence-corrected chi connectivity index (χ0v) is 16.2. The van der Waals surface area contributed by atoms with Gasteiger partial charge in [0, 0.05) is 31.5 Å². The van der Waals surface area contributed by atoms with E-state index in [4.69, 9.17) is 4.74 Å². The molecule has 2 aromatic carbocycles. The highest BCUT2D eigenvalue weighted by atomic mass is 32.2. The van der Waals surface area contributed by atoms with Gasteiger partial charge in [-0.25, -0.2) is 13.2 Å². The number of aryl methyl sites for hydroxylation is 1. The second-order valence-electron chi connectivity index (χ2n) is 7.23. The van der Waals surface area contributed by atoms with Gasteiger partial charge in [-0.15, -0.1) is 0 Å². The maximum Gasteiger partial charge on any atom is 0.339 e. The molecule has 0 unspecified atom stereocenters. The van der Waals surface area contributed by atoms with Crippen LogP contribution in [-0.4, -0.2) is 31.8 Å². The van der Waals surface area contributed by atoms with Crippen molar-refractivity contribution in [3.63, 3.8) is 0 Å². The van der Waals surface area contributed by atoms with Gasteiger partial charge in [0.2, 0.25) is 10.0 Å². The molecule has 0 aliphatic carbocycles. The van der Waals surface area contributed by atoms with E-state index in [0.29, 0.717) is 36.4 Å². The molecule has 27 heavy (non-hydrogen) atoms. The molecule has 1 saturated heterocycles. The van der Waals surface area contributed by atoms with Gasteiger partial charge in [-0.3, -0.25) is 0 Å². The highest BCUT2D eigenvalue weighted by Gasteiger charge is 2.48. The van der Waals surface area contributed by atoms with Crippen LogP contribution in [-0.2, 0) is 26.8 Å².